The van der Waals surface area contributed by atoms with Gasteiger partial charge in [-0.3, -0.25) is 9.59 Å². The second-order valence-corrected chi connectivity index (χ2v) is 11.8. The molecule has 0 saturated heterocycles. The Morgan fingerprint density at radius 2 is 1.81 bits per heavy atom. The second-order valence-electron chi connectivity index (χ2n) is 11.8. The maximum Gasteiger partial charge on any atom is 0.509 e. The van der Waals surface area contributed by atoms with E-state index in [0.29, 0.717) is 19.3 Å². The number of carbonyl (C=O) groups excluding carboxylic acids is 4. The summed E-state index contributed by atoms with van der Waals surface area (Å²) in [4.78, 5) is 65.1. The highest BCUT2D eigenvalue weighted by Gasteiger charge is 2.70. The molecule has 0 aliphatic heterocycles. The molecule has 14 nitrogen and oxygen atoms in total. The number of fused-ring (bicyclic) bond motifs is 5. The lowest BCUT2D eigenvalue weighted by molar-refractivity contribution is -0.758. The lowest BCUT2D eigenvalue weighted by Crippen LogP contribution is -2.63. The molecule has 0 unspecified atom stereocenters. The van der Waals surface area contributed by atoms with Crippen molar-refractivity contribution in [3.63, 3.8) is 0 Å². The van der Waals surface area contributed by atoms with E-state index in [1.54, 1.807) is 19.1 Å². The van der Waals surface area contributed by atoms with Gasteiger partial charge in [0.1, 0.15) is 13.2 Å². The molecule has 3 saturated carbocycles. The highest BCUT2D eigenvalue weighted by atomic mass is 17.0. The van der Waals surface area contributed by atoms with E-state index in [4.69, 9.17) is 23.7 Å². The SMILES string of the molecule is CCOC(=O)O[C@]1(C(=O)COC(=O)OCCOCCO[N+](=O)[O-])CC[C@H]2[C@@H]3CCC4=CC(=O)C=C[C@]4(C)[C@H]3[C@@H](O)C[C@@]21C. The minimum Gasteiger partial charge on any atom is -0.435 e. The topological polar surface area (TPSA) is 187 Å². The van der Waals surface area contributed by atoms with Crippen molar-refractivity contribution in [2.75, 3.05) is 39.6 Å². The molecule has 3 fully saturated rings. The second kappa shape index (κ2) is 13.0. The third-order valence-corrected chi connectivity index (χ3v) is 9.78. The van der Waals surface area contributed by atoms with Crippen molar-refractivity contribution >= 4 is 23.9 Å². The number of nitrogens with zero attached hydrogens (tertiary/aromatic N) is 1. The Bertz CT molecular complexity index is 1180. The highest BCUT2D eigenvalue weighted by molar-refractivity contribution is 6.01. The molecule has 0 heterocycles. The van der Waals surface area contributed by atoms with Gasteiger partial charge in [-0.05, 0) is 63.0 Å². The standard InChI is InChI=1S/C29H39NO13/c1-4-39-26(35)43-29(23(33)17-41-25(34)40-13-11-38-12-14-42-30(36)37)10-8-21-20-6-5-18-15-19(31)7-9-27(18,2)24(20)22(32)16-28(21,29)3/h7,9,15,20-22,24,32H,4-6,8,10-14,16-17H2,1-3H3/t20-,21-,22-,24+,27-,28-,29-/m0/s1. The van der Waals surface area contributed by atoms with Crippen molar-refractivity contribution in [2.24, 2.45) is 28.6 Å². The summed E-state index contributed by atoms with van der Waals surface area (Å²) in [7, 11) is 0. The molecule has 0 spiro atoms. The average molecular weight is 610 g/mol. The molecule has 0 aromatic carbocycles. The van der Waals surface area contributed by atoms with Gasteiger partial charge in [-0.1, -0.05) is 25.5 Å². The maximum absolute atomic E-state index is 13.9. The zero-order valence-electron chi connectivity index (χ0n) is 24.6. The van der Waals surface area contributed by atoms with Crippen molar-refractivity contribution in [3.8, 4) is 0 Å². The van der Waals surface area contributed by atoms with Crippen LogP contribution in [0.25, 0.3) is 0 Å². The van der Waals surface area contributed by atoms with Crippen LogP contribution in [-0.4, -0.2) is 85.4 Å². The quantitative estimate of drug-likeness (QED) is 0.147. The van der Waals surface area contributed by atoms with Gasteiger partial charge in [0.25, 0.3) is 5.09 Å². The number of hydrogen-bond acceptors (Lipinski definition) is 13. The van der Waals surface area contributed by atoms with Crippen LogP contribution in [0, 0.1) is 38.7 Å². The fourth-order valence-corrected chi connectivity index (χ4v) is 8.03. The average Bonchev–Trinajstić information content (AvgIpc) is 3.23. The molecule has 0 bridgehead atoms. The molecule has 0 radical (unpaired) electrons. The van der Waals surface area contributed by atoms with Gasteiger partial charge in [0, 0.05) is 16.7 Å². The van der Waals surface area contributed by atoms with Gasteiger partial charge in [-0.15, -0.1) is 10.1 Å². The third kappa shape index (κ3) is 6.26. The summed E-state index contributed by atoms with van der Waals surface area (Å²) in [5, 5.41) is 20.8. The van der Waals surface area contributed by atoms with Crippen LogP contribution in [0.2, 0.25) is 0 Å². The summed E-state index contributed by atoms with van der Waals surface area (Å²) in [5.41, 5.74) is -2.22. The van der Waals surface area contributed by atoms with Crippen LogP contribution in [0.5, 0.6) is 0 Å². The summed E-state index contributed by atoms with van der Waals surface area (Å²) >= 11 is 0. The summed E-state index contributed by atoms with van der Waals surface area (Å²) in [6.07, 6.45) is 4.29. The molecule has 14 heteroatoms. The Morgan fingerprint density at radius 3 is 2.53 bits per heavy atom. The van der Waals surface area contributed by atoms with E-state index in [-0.39, 0.29) is 69.4 Å². The first-order chi connectivity index (χ1) is 20.4. The van der Waals surface area contributed by atoms with Crippen LogP contribution in [0.3, 0.4) is 0 Å². The molecule has 4 aliphatic carbocycles. The number of aliphatic hydroxyl groups is 1. The van der Waals surface area contributed by atoms with E-state index < -0.39 is 52.3 Å². The molecular formula is C29H39NO13. The molecule has 4 aliphatic rings. The van der Waals surface area contributed by atoms with Crippen molar-refractivity contribution in [3.05, 3.63) is 33.9 Å². The van der Waals surface area contributed by atoms with Gasteiger partial charge < -0.3 is 33.6 Å². The summed E-state index contributed by atoms with van der Waals surface area (Å²) in [6.45, 7) is 4.08. The van der Waals surface area contributed by atoms with E-state index in [9.17, 15) is 34.4 Å². The number of carbonyl (C=O) groups is 4. The Morgan fingerprint density at radius 1 is 1.07 bits per heavy atom. The lowest BCUT2D eigenvalue weighted by atomic mass is 9.46. The summed E-state index contributed by atoms with van der Waals surface area (Å²) in [6, 6.07) is 0. The molecule has 1 N–H and O–H groups in total. The van der Waals surface area contributed by atoms with Crippen LogP contribution >= 0.6 is 0 Å². The Labute approximate surface area is 248 Å². The molecule has 238 valence electrons. The number of aliphatic hydroxyl groups excluding tert-OH is 1. The van der Waals surface area contributed by atoms with Crippen LogP contribution < -0.4 is 0 Å². The molecular weight excluding hydrogens is 570 g/mol. The van der Waals surface area contributed by atoms with Crippen LogP contribution in [-0.2, 0) is 38.1 Å². The third-order valence-electron chi connectivity index (χ3n) is 9.78. The molecule has 43 heavy (non-hydrogen) atoms. The minimum absolute atomic E-state index is 0.0177. The van der Waals surface area contributed by atoms with E-state index in [0.717, 1.165) is 5.57 Å². The van der Waals surface area contributed by atoms with Gasteiger partial charge in [0.2, 0.25) is 5.78 Å². The largest absolute Gasteiger partial charge is 0.509 e. The first kappa shape index (κ1) is 32.4. The van der Waals surface area contributed by atoms with Crippen LogP contribution in [0.4, 0.5) is 9.59 Å². The van der Waals surface area contributed by atoms with E-state index in [2.05, 4.69) is 4.84 Å². The summed E-state index contributed by atoms with van der Waals surface area (Å²) < 4.78 is 25.9. The Balaban J connectivity index is 1.47. The zero-order valence-corrected chi connectivity index (χ0v) is 24.6. The zero-order chi connectivity index (χ0) is 31.4. The monoisotopic (exact) mass is 609 g/mol. The number of ketones is 2. The van der Waals surface area contributed by atoms with Crippen LogP contribution in [0.1, 0.15) is 52.9 Å². The number of rotatable bonds is 12. The maximum atomic E-state index is 13.9. The van der Waals surface area contributed by atoms with E-state index >= 15 is 0 Å². The van der Waals surface area contributed by atoms with Crippen LogP contribution in [0.15, 0.2) is 23.8 Å². The predicted octanol–water partition coefficient (Wildman–Crippen LogP) is 3.12. The first-order valence-corrected chi connectivity index (χ1v) is 14.5. The molecule has 4 rings (SSSR count). The number of allylic oxidation sites excluding steroid dienone is 4. The molecule has 7 atom stereocenters. The van der Waals surface area contributed by atoms with Gasteiger partial charge in [-0.25, -0.2) is 9.59 Å². The predicted molar refractivity (Wildman–Crippen MR) is 145 cm³/mol. The Kier molecular flexibility index (Phi) is 9.79. The smallest absolute Gasteiger partial charge is 0.435 e. The number of hydrogen-bond donors (Lipinski definition) is 1. The fraction of sp³-hybridized carbons (Fsp3) is 0.724. The fourth-order valence-electron chi connectivity index (χ4n) is 8.03. The van der Waals surface area contributed by atoms with Gasteiger partial charge in [0.05, 0.1) is 25.9 Å². The molecule has 0 amide bonds. The summed E-state index contributed by atoms with van der Waals surface area (Å²) in [5.74, 6) is -1.03. The molecule has 0 aromatic heterocycles. The van der Waals surface area contributed by atoms with Crippen molar-refractivity contribution < 1.29 is 57.9 Å². The van der Waals surface area contributed by atoms with E-state index in [1.807, 2.05) is 19.9 Å². The van der Waals surface area contributed by atoms with Gasteiger partial charge in [0.15, 0.2) is 18.0 Å². The van der Waals surface area contributed by atoms with E-state index in [1.165, 1.54) is 0 Å². The van der Waals surface area contributed by atoms with Crippen molar-refractivity contribution in [1.82, 2.24) is 0 Å². The normalized spacial score (nSPS) is 34.1. The van der Waals surface area contributed by atoms with Crippen molar-refractivity contribution in [1.29, 1.82) is 0 Å². The lowest BCUT2D eigenvalue weighted by Gasteiger charge is -2.59. The minimum atomic E-state index is -1.72. The van der Waals surface area contributed by atoms with Gasteiger partial charge >= 0.3 is 12.3 Å². The number of ether oxygens (including phenoxy) is 5. The Hall–Kier alpha value is -3.52. The highest BCUT2D eigenvalue weighted by Crippen LogP contribution is 2.68. The first-order valence-electron chi connectivity index (χ1n) is 14.5. The van der Waals surface area contributed by atoms with Crippen molar-refractivity contribution in [2.45, 2.75) is 64.6 Å². The van der Waals surface area contributed by atoms with Gasteiger partial charge in [-0.2, -0.15) is 0 Å². The number of Topliss-reactive ketones (excluding diaryl/α,β-unsaturated/α-hetero) is 1. The molecule has 0 aromatic rings.